The molecule has 2 N–H and O–H groups in total. The number of carbonyl (C=O) groups excluding carboxylic acids is 2. The highest BCUT2D eigenvalue weighted by Crippen LogP contribution is 2.30. The third-order valence-electron chi connectivity index (χ3n) is 6.48. The van der Waals surface area contributed by atoms with Crippen molar-refractivity contribution in [2.24, 2.45) is 0 Å². The number of benzene rings is 2. The molecule has 7 nitrogen and oxygen atoms in total. The van der Waals surface area contributed by atoms with Gasteiger partial charge in [0.15, 0.2) is 5.82 Å². The second-order valence-electron chi connectivity index (χ2n) is 8.87. The van der Waals surface area contributed by atoms with E-state index in [1.165, 1.54) is 6.08 Å². The fourth-order valence-electron chi connectivity index (χ4n) is 4.27. The topological polar surface area (TPSA) is 87.2 Å². The highest BCUT2D eigenvalue weighted by molar-refractivity contribution is 6.15. The van der Waals surface area contributed by atoms with Crippen molar-refractivity contribution in [3.8, 4) is 11.4 Å². The molecule has 3 radical (unpaired) electrons. The van der Waals surface area contributed by atoms with Crippen LogP contribution in [0.2, 0.25) is 0 Å². The molecular formula is C26H28N5O2Si. The first-order valence-electron chi connectivity index (χ1n) is 11.3. The van der Waals surface area contributed by atoms with Crippen molar-refractivity contribution in [3.05, 3.63) is 67.0 Å². The zero-order valence-electron chi connectivity index (χ0n) is 19.5. The third-order valence-corrected chi connectivity index (χ3v) is 7.42. The van der Waals surface area contributed by atoms with Crippen LogP contribution in [0.4, 0.5) is 5.69 Å². The average Bonchev–Trinajstić information content (AvgIpc) is 2.85. The number of aromatic nitrogens is 2. The smallest absolute Gasteiger partial charge is 0.270 e. The Morgan fingerprint density at radius 1 is 1.18 bits per heavy atom. The second-order valence-corrected chi connectivity index (χ2v) is 9.80. The highest BCUT2D eigenvalue weighted by atomic mass is 28.1. The van der Waals surface area contributed by atoms with E-state index in [-0.39, 0.29) is 23.0 Å². The van der Waals surface area contributed by atoms with E-state index in [9.17, 15) is 9.59 Å². The molecule has 1 aliphatic carbocycles. The molecule has 0 unspecified atom stereocenters. The summed E-state index contributed by atoms with van der Waals surface area (Å²) in [4.78, 5) is 35.9. The van der Waals surface area contributed by atoms with E-state index in [1.54, 1.807) is 12.3 Å². The van der Waals surface area contributed by atoms with Gasteiger partial charge in [-0.1, -0.05) is 30.8 Å². The summed E-state index contributed by atoms with van der Waals surface area (Å²) in [5.74, 6) is -0.0207. The van der Waals surface area contributed by atoms with Crippen LogP contribution in [0.3, 0.4) is 0 Å². The number of rotatable bonds is 6. The first-order valence-corrected chi connectivity index (χ1v) is 11.8. The highest BCUT2D eigenvalue weighted by Gasteiger charge is 2.33. The molecule has 2 amide bonds. The number of carbonyl (C=O) groups is 2. The van der Waals surface area contributed by atoms with Gasteiger partial charge in [0.1, 0.15) is 5.69 Å². The maximum absolute atomic E-state index is 12.9. The Morgan fingerprint density at radius 2 is 1.94 bits per heavy atom. The second kappa shape index (κ2) is 9.86. The van der Waals surface area contributed by atoms with Crippen LogP contribution in [-0.4, -0.2) is 62.2 Å². The van der Waals surface area contributed by atoms with Crippen molar-refractivity contribution in [2.45, 2.75) is 36.9 Å². The molecule has 1 aromatic heterocycles. The fraction of sp³-hybridized carbons (Fsp3) is 0.308. The molecule has 1 heterocycles. The molecule has 2 aromatic carbocycles. The van der Waals surface area contributed by atoms with Gasteiger partial charge in [-0.05, 0) is 69.4 Å². The molecule has 3 aromatic rings. The predicted molar refractivity (Wildman–Crippen MR) is 136 cm³/mol. The van der Waals surface area contributed by atoms with Crippen molar-refractivity contribution in [2.75, 3.05) is 19.4 Å². The molecular weight excluding hydrogens is 442 g/mol. The Morgan fingerprint density at radius 3 is 2.65 bits per heavy atom. The molecule has 0 atom stereocenters. The molecule has 0 spiro atoms. The van der Waals surface area contributed by atoms with E-state index in [0.29, 0.717) is 17.2 Å². The number of nitrogens with one attached hydrogen (secondary N) is 2. The van der Waals surface area contributed by atoms with Crippen LogP contribution >= 0.6 is 0 Å². The lowest BCUT2D eigenvalue weighted by Crippen LogP contribution is -2.51. The number of anilines is 1. The van der Waals surface area contributed by atoms with E-state index in [4.69, 9.17) is 0 Å². The Balaban J connectivity index is 1.53. The van der Waals surface area contributed by atoms with Crippen LogP contribution in [0.25, 0.3) is 22.2 Å². The predicted octanol–water partition coefficient (Wildman–Crippen LogP) is 3.52. The monoisotopic (exact) mass is 470 g/mol. The number of fused-ring (bicyclic) bond motifs is 1. The molecule has 0 bridgehead atoms. The maximum atomic E-state index is 12.9. The first-order chi connectivity index (χ1) is 16.3. The largest absolute Gasteiger partial charge is 0.348 e. The van der Waals surface area contributed by atoms with Gasteiger partial charge in [0, 0.05) is 34.0 Å². The van der Waals surface area contributed by atoms with Gasteiger partial charge in [-0.25, -0.2) is 9.97 Å². The molecule has 4 rings (SSSR count). The van der Waals surface area contributed by atoms with E-state index in [0.717, 1.165) is 42.0 Å². The van der Waals surface area contributed by atoms with Crippen LogP contribution in [0.5, 0.6) is 0 Å². The van der Waals surface area contributed by atoms with Gasteiger partial charge in [0.2, 0.25) is 5.91 Å². The molecule has 0 saturated heterocycles. The minimum absolute atomic E-state index is 0.0105. The Bertz CT molecular complexity index is 1230. The van der Waals surface area contributed by atoms with Gasteiger partial charge in [0.25, 0.3) is 5.91 Å². The lowest BCUT2D eigenvalue weighted by Gasteiger charge is -2.42. The Hall–Kier alpha value is -3.36. The zero-order valence-corrected chi connectivity index (χ0v) is 20.5. The van der Waals surface area contributed by atoms with Crippen molar-refractivity contribution < 1.29 is 9.59 Å². The quantitative estimate of drug-likeness (QED) is 0.425. The van der Waals surface area contributed by atoms with Crippen LogP contribution in [0.1, 0.15) is 36.2 Å². The summed E-state index contributed by atoms with van der Waals surface area (Å²) in [6.07, 6.45) is 6.54. The Kier molecular flexibility index (Phi) is 6.90. The lowest BCUT2D eigenvalue weighted by atomic mass is 9.89. The summed E-state index contributed by atoms with van der Waals surface area (Å²) in [6.45, 7) is 3.51. The molecule has 0 aliphatic heterocycles. The summed E-state index contributed by atoms with van der Waals surface area (Å²) in [7, 11) is 8.03. The molecule has 1 fully saturated rings. The summed E-state index contributed by atoms with van der Waals surface area (Å²) in [5, 5.41) is 7.78. The van der Waals surface area contributed by atoms with Crippen LogP contribution in [-0.2, 0) is 4.79 Å². The number of hydrogen-bond donors (Lipinski definition) is 2. The molecule has 1 aliphatic rings. The van der Waals surface area contributed by atoms with Crippen molar-refractivity contribution >= 4 is 38.5 Å². The minimum Gasteiger partial charge on any atom is -0.348 e. The van der Waals surface area contributed by atoms with E-state index < -0.39 is 0 Å². The molecule has 8 heteroatoms. The van der Waals surface area contributed by atoms with Gasteiger partial charge in [-0.2, -0.15) is 0 Å². The van der Waals surface area contributed by atoms with Gasteiger partial charge < -0.3 is 15.5 Å². The SMILES string of the molecule is C=CC(=O)Nc1cccc2ccc(-c3nccc(C(=O)NC4CCC([Si])(N(C)C)CC4)n3)cc12. The number of hydrogen-bond acceptors (Lipinski definition) is 5. The van der Waals surface area contributed by atoms with Gasteiger partial charge in [0.05, 0.1) is 10.2 Å². The molecule has 1 saturated carbocycles. The number of nitrogens with zero attached hydrogens (tertiary/aromatic N) is 3. The summed E-state index contributed by atoms with van der Waals surface area (Å²) in [6, 6.07) is 13.2. The van der Waals surface area contributed by atoms with Crippen LogP contribution < -0.4 is 10.6 Å². The average molecular weight is 471 g/mol. The van der Waals surface area contributed by atoms with Crippen molar-refractivity contribution in [1.82, 2.24) is 20.2 Å². The van der Waals surface area contributed by atoms with Crippen molar-refractivity contribution in [3.63, 3.8) is 0 Å². The summed E-state index contributed by atoms with van der Waals surface area (Å²) < 4.78 is 0. The van der Waals surface area contributed by atoms with Crippen LogP contribution in [0.15, 0.2) is 61.3 Å². The van der Waals surface area contributed by atoms with Gasteiger partial charge in [-0.3, -0.25) is 9.59 Å². The lowest BCUT2D eigenvalue weighted by molar-refractivity contribution is -0.111. The normalized spacial score (nSPS) is 20.2. The van der Waals surface area contributed by atoms with Gasteiger partial charge >= 0.3 is 0 Å². The summed E-state index contributed by atoms with van der Waals surface area (Å²) >= 11 is 0. The fourth-order valence-corrected chi connectivity index (χ4v) is 4.56. The van der Waals surface area contributed by atoms with Crippen LogP contribution in [0, 0.1) is 0 Å². The molecule has 173 valence electrons. The van der Waals surface area contributed by atoms with E-state index in [2.05, 4.69) is 56.4 Å². The maximum Gasteiger partial charge on any atom is 0.270 e. The first kappa shape index (κ1) is 23.8. The van der Waals surface area contributed by atoms with E-state index >= 15 is 0 Å². The zero-order chi connectivity index (χ0) is 24.3. The van der Waals surface area contributed by atoms with Crippen molar-refractivity contribution in [1.29, 1.82) is 0 Å². The standard InChI is InChI=1S/C26H28N5O2Si/c1-4-23(32)29-21-7-5-6-17-8-9-18(16-20(17)21)24-27-15-12-22(30-24)25(33)28-19-10-13-26(34,14-11-19)31(2)3/h4-9,12,15-16,19H,1,10-11,13-14H2,2-3H3,(H,28,33)(H,29,32). The minimum atomic E-state index is -0.279. The summed E-state index contributed by atoms with van der Waals surface area (Å²) in [5.41, 5.74) is 1.77. The Labute approximate surface area is 203 Å². The molecule has 34 heavy (non-hydrogen) atoms. The number of amides is 2. The third kappa shape index (κ3) is 5.08. The van der Waals surface area contributed by atoms with E-state index in [1.807, 2.05) is 36.4 Å². The van der Waals surface area contributed by atoms with Gasteiger partial charge in [-0.15, -0.1) is 0 Å².